The first-order valence-corrected chi connectivity index (χ1v) is 7.64. The van der Waals surface area contributed by atoms with Crippen LogP contribution in [0.2, 0.25) is 0 Å². The number of ketones is 1. The number of aromatic nitrogens is 1. The number of thiophene rings is 1. The topological polar surface area (TPSA) is 30.0 Å². The van der Waals surface area contributed by atoms with Gasteiger partial charge in [-0.05, 0) is 60.0 Å². The normalized spacial score (nSPS) is 11.0. The van der Waals surface area contributed by atoms with Gasteiger partial charge in [-0.2, -0.15) is 11.3 Å². The molecule has 0 aliphatic carbocycles. The third-order valence-electron chi connectivity index (χ3n) is 3.12. The lowest BCUT2D eigenvalue weighted by Gasteiger charge is -1.99. The van der Waals surface area contributed by atoms with Gasteiger partial charge in [-0.1, -0.05) is 6.07 Å². The number of nitrogens with zero attached hydrogens (tertiary/aromatic N) is 1. The highest BCUT2D eigenvalue weighted by Crippen LogP contribution is 2.20. The molecule has 2 heterocycles. The van der Waals surface area contributed by atoms with E-state index in [9.17, 15) is 9.18 Å². The number of carbonyl (C=O) groups excluding carboxylic acids is 1. The van der Waals surface area contributed by atoms with Crippen molar-refractivity contribution < 1.29 is 9.18 Å². The molecule has 108 valence electrons. The van der Waals surface area contributed by atoms with Gasteiger partial charge in [0.15, 0.2) is 5.78 Å². The molecule has 22 heavy (non-hydrogen) atoms. The Balaban J connectivity index is 1.79. The highest BCUT2D eigenvalue weighted by atomic mass is 32.1. The molecule has 0 aliphatic heterocycles. The van der Waals surface area contributed by atoms with E-state index in [4.69, 9.17) is 0 Å². The van der Waals surface area contributed by atoms with Gasteiger partial charge in [-0.15, -0.1) is 0 Å². The third kappa shape index (κ3) is 3.35. The van der Waals surface area contributed by atoms with Crippen molar-refractivity contribution in [1.82, 2.24) is 4.98 Å². The average molecular weight is 309 g/mol. The second-order valence-electron chi connectivity index (χ2n) is 4.66. The van der Waals surface area contributed by atoms with Crippen molar-refractivity contribution in [3.63, 3.8) is 0 Å². The van der Waals surface area contributed by atoms with Crippen LogP contribution in [0.3, 0.4) is 0 Å². The lowest BCUT2D eigenvalue weighted by molar-refractivity contribution is 0.104. The van der Waals surface area contributed by atoms with Crippen molar-refractivity contribution in [2.45, 2.75) is 0 Å². The van der Waals surface area contributed by atoms with E-state index in [1.54, 1.807) is 17.4 Å². The number of halogens is 1. The van der Waals surface area contributed by atoms with E-state index >= 15 is 0 Å². The van der Waals surface area contributed by atoms with Crippen molar-refractivity contribution in [2.24, 2.45) is 0 Å². The van der Waals surface area contributed by atoms with E-state index in [1.165, 1.54) is 30.3 Å². The summed E-state index contributed by atoms with van der Waals surface area (Å²) >= 11 is 1.61. The van der Waals surface area contributed by atoms with Crippen LogP contribution in [0, 0.1) is 5.82 Å². The Labute approximate surface area is 131 Å². The summed E-state index contributed by atoms with van der Waals surface area (Å²) in [7, 11) is 0. The summed E-state index contributed by atoms with van der Waals surface area (Å²) < 4.78 is 12.8. The maximum Gasteiger partial charge on any atom is 0.185 e. The van der Waals surface area contributed by atoms with Gasteiger partial charge in [0.1, 0.15) is 5.82 Å². The first-order chi connectivity index (χ1) is 10.7. The lowest BCUT2D eigenvalue weighted by Crippen LogP contribution is -1.94. The Hall–Kier alpha value is -2.59. The lowest BCUT2D eigenvalue weighted by atomic mass is 10.1. The smallest absolute Gasteiger partial charge is 0.185 e. The predicted molar refractivity (Wildman–Crippen MR) is 87.3 cm³/mol. The van der Waals surface area contributed by atoms with Gasteiger partial charge in [-0.25, -0.2) is 9.37 Å². The molecule has 0 radical (unpaired) electrons. The van der Waals surface area contributed by atoms with E-state index < -0.39 is 0 Å². The number of rotatable bonds is 4. The maximum atomic E-state index is 12.8. The van der Waals surface area contributed by atoms with Crippen LogP contribution in [-0.2, 0) is 0 Å². The molecule has 0 bridgehead atoms. The van der Waals surface area contributed by atoms with Gasteiger partial charge in [0.25, 0.3) is 0 Å². The highest BCUT2D eigenvalue weighted by molar-refractivity contribution is 7.08. The van der Waals surface area contributed by atoms with E-state index in [1.807, 2.05) is 35.0 Å². The summed E-state index contributed by atoms with van der Waals surface area (Å²) in [5.41, 5.74) is 3.09. The monoisotopic (exact) mass is 309 g/mol. The number of hydrogen-bond donors (Lipinski definition) is 0. The zero-order valence-corrected chi connectivity index (χ0v) is 12.4. The van der Waals surface area contributed by atoms with Crippen molar-refractivity contribution in [2.75, 3.05) is 0 Å². The minimum Gasteiger partial charge on any atom is -0.289 e. The van der Waals surface area contributed by atoms with Crippen LogP contribution < -0.4 is 0 Å². The molecule has 0 spiro atoms. The van der Waals surface area contributed by atoms with Crippen molar-refractivity contribution in [1.29, 1.82) is 0 Å². The van der Waals surface area contributed by atoms with E-state index in [0.717, 1.165) is 11.3 Å². The number of pyridine rings is 1. The third-order valence-corrected chi connectivity index (χ3v) is 3.81. The Morgan fingerprint density at radius 2 is 1.91 bits per heavy atom. The van der Waals surface area contributed by atoms with E-state index in [-0.39, 0.29) is 11.6 Å². The molecule has 0 saturated heterocycles. The molecule has 0 amide bonds. The Morgan fingerprint density at radius 3 is 2.64 bits per heavy atom. The molecule has 1 aromatic carbocycles. The SMILES string of the molecule is O=C(/C=C/c1cccc(-c2ccsc2)n1)c1ccc(F)cc1. The molecule has 3 rings (SSSR count). The van der Waals surface area contributed by atoms with Crippen LogP contribution in [0.1, 0.15) is 16.1 Å². The van der Waals surface area contributed by atoms with Crippen molar-refractivity contribution in [3.05, 3.63) is 82.4 Å². The summed E-state index contributed by atoms with van der Waals surface area (Å²) in [4.78, 5) is 16.5. The first-order valence-electron chi connectivity index (χ1n) is 6.70. The molecule has 0 atom stereocenters. The highest BCUT2D eigenvalue weighted by Gasteiger charge is 2.03. The molecule has 0 aliphatic rings. The molecule has 0 N–H and O–H groups in total. The summed E-state index contributed by atoms with van der Waals surface area (Å²) in [6, 6.07) is 13.2. The summed E-state index contributed by atoms with van der Waals surface area (Å²) in [5, 5.41) is 4.02. The fourth-order valence-electron chi connectivity index (χ4n) is 1.99. The van der Waals surface area contributed by atoms with Crippen LogP contribution >= 0.6 is 11.3 Å². The van der Waals surface area contributed by atoms with Gasteiger partial charge in [0.2, 0.25) is 0 Å². The first kappa shape index (κ1) is 14.4. The van der Waals surface area contributed by atoms with Gasteiger partial charge < -0.3 is 0 Å². The largest absolute Gasteiger partial charge is 0.289 e. The van der Waals surface area contributed by atoms with Gasteiger partial charge in [0, 0.05) is 16.5 Å². The standard InChI is InChI=1S/C18H12FNOS/c19-15-6-4-13(5-7-15)18(21)9-8-16-2-1-3-17(20-16)14-10-11-22-12-14/h1-12H/b9-8+. The molecular formula is C18H12FNOS. The second kappa shape index (κ2) is 6.45. The molecule has 0 unspecified atom stereocenters. The quantitative estimate of drug-likeness (QED) is 0.509. The molecular weight excluding hydrogens is 297 g/mol. The summed E-state index contributed by atoms with van der Waals surface area (Å²) in [5.74, 6) is -0.534. The van der Waals surface area contributed by atoms with Gasteiger partial charge in [-0.3, -0.25) is 4.79 Å². The fourth-order valence-corrected chi connectivity index (χ4v) is 2.64. The number of benzene rings is 1. The van der Waals surface area contributed by atoms with Crippen LogP contribution in [0.25, 0.3) is 17.3 Å². The number of allylic oxidation sites excluding steroid dienone is 1. The van der Waals surface area contributed by atoms with Gasteiger partial charge in [0.05, 0.1) is 11.4 Å². The molecule has 3 aromatic rings. The van der Waals surface area contributed by atoms with Crippen LogP contribution in [0.4, 0.5) is 4.39 Å². The van der Waals surface area contributed by atoms with E-state index in [2.05, 4.69) is 4.98 Å². The van der Waals surface area contributed by atoms with Crippen LogP contribution in [-0.4, -0.2) is 10.8 Å². The minimum absolute atomic E-state index is 0.178. The number of hydrogen-bond acceptors (Lipinski definition) is 3. The molecule has 0 fully saturated rings. The zero-order valence-electron chi connectivity index (χ0n) is 11.6. The second-order valence-corrected chi connectivity index (χ2v) is 5.44. The Bertz CT molecular complexity index is 807. The van der Waals surface area contributed by atoms with Crippen LogP contribution in [0.15, 0.2) is 65.4 Å². The zero-order chi connectivity index (χ0) is 15.4. The maximum absolute atomic E-state index is 12.8. The predicted octanol–water partition coefficient (Wildman–Crippen LogP) is 4.85. The molecule has 2 nitrogen and oxygen atoms in total. The van der Waals surface area contributed by atoms with E-state index in [0.29, 0.717) is 11.3 Å². The molecule has 4 heteroatoms. The summed E-state index contributed by atoms with van der Waals surface area (Å²) in [6.07, 6.45) is 3.12. The Morgan fingerprint density at radius 1 is 1.09 bits per heavy atom. The number of carbonyl (C=O) groups is 1. The van der Waals surface area contributed by atoms with Crippen LogP contribution in [0.5, 0.6) is 0 Å². The Kier molecular flexibility index (Phi) is 4.21. The van der Waals surface area contributed by atoms with Gasteiger partial charge >= 0.3 is 0 Å². The fraction of sp³-hybridized carbons (Fsp3) is 0. The molecule has 2 aromatic heterocycles. The molecule has 0 saturated carbocycles. The van der Waals surface area contributed by atoms with Crippen molar-refractivity contribution >= 4 is 23.2 Å². The average Bonchev–Trinajstić information content (AvgIpc) is 3.08. The minimum atomic E-state index is -0.356. The van der Waals surface area contributed by atoms with Crippen molar-refractivity contribution in [3.8, 4) is 11.3 Å². The summed E-state index contributed by atoms with van der Waals surface area (Å²) in [6.45, 7) is 0.